The fourth-order valence-electron chi connectivity index (χ4n) is 3.30. The van der Waals surface area contributed by atoms with Gasteiger partial charge in [0.25, 0.3) is 11.8 Å². The van der Waals surface area contributed by atoms with Crippen LogP contribution in [0.1, 0.15) is 10.4 Å². The highest BCUT2D eigenvalue weighted by Crippen LogP contribution is 2.19. The zero-order valence-corrected chi connectivity index (χ0v) is 19.6. The van der Waals surface area contributed by atoms with Crippen molar-refractivity contribution >= 4 is 23.2 Å². The maximum Gasteiger partial charge on any atom is 0.262 e. The van der Waals surface area contributed by atoms with Crippen molar-refractivity contribution in [2.45, 2.75) is 0 Å². The molecule has 0 radical (unpaired) electrons. The molecule has 0 aromatic heterocycles. The molecule has 0 saturated heterocycles. The van der Waals surface area contributed by atoms with Crippen LogP contribution in [0, 0.1) is 0 Å². The van der Waals surface area contributed by atoms with E-state index < -0.39 is 0 Å². The zero-order chi connectivity index (χ0) is 25.0. The van der Waals surface area contributed by atoms with Crippen LogP contribution in [0.5, 0.6) is 17.2 Å². The van der Waals surface area contributed by atoms with Crippen LogP contribution in [0.4, 0.5) is 11.4 Å². The van der Waals surface area contributed by atoms with E-state index in [0.717, 1.165) is 5.75 Å². The van der Waals surface area contributed by atoms with Crippen LogP contribution in [0.2, 0.25) is 0 Å². The monoisotopic (exact) mass is 482 g/mol. The van der Waals surface area contributed by atoms with Crippen LogP contribution in [0.15, 0.2) is 109 Å². The fraction of sp³-hybridized carbons (Fsp3) is 0.103. The molecule has 0 aliphatic rings. The summed E-state index contributed by atoms with van der Waals surface area (Å²) in [6.45, 7) is 0.606. The highest BCUT2D eigenvalue weighted by Gasteiger charge is 2.09. The Bertz CT molecular complexity index is 1280. The van der Waals surface area contributed by atoms with Gasteiger partial charge >= 0.3 is 0 Å². The summed E-state index contributed by atoms with van der Waals surface area (Å²) in [6, 6.07) is 32.4. The molecule has 182 valence electrons. The van der Waals surface area contributed by atoms with Crippen molar-refractivity contribution in [3.63, 3.8) is 0 Å². The second kappa shape index (κ2) is 12.6. The molecule has 0 aliphatic heterocycles. The lowest BCUT2D eigenvalue weighted by Gasteiger charge is -2.11. The molecule has 36 heavy (non-hydrogen) atoms. The number of carbonyl (C=O) groups excluding carboxylic acids is 2. The maximum absolute atomic E-state index is 12.8. The lowest BCUT2D eigenvalue weighted by atomic mass is 10.2. The molecule has 0 aliphatic carbocycles. The number of para-hydroxylation sites is 2. The summed E-state index contributed by atoms with van der Waals surface area (Å²) in [4.78, 5) is 25.0. The highest BCUT2D eigenvalue weighted by atomic mass is 16.5. The van der Waals surface area contributed by atoms with E-state index in [2.05, 4.69) is 10.6 Å². The molecule has 2 amide bonds. The minimum Gasteiger partial charge on any atom is -0.490 e. The van der Waals surface area contributed by atoms with Crippen LogP contribution < -0.4 is 24.8 Å². The van der Waals surface area contributed by atoms with Crippen molar-refractivity contribution in [3.8, 4) is 17.2 Å². The van der Waals surface area contributed by atoms with Crippen molar-refractivity contribution < 1.29 is 23.8 Å². The summed E-state index contributed by atoms with van der Waals surface area (Å²) in [6.07, 6.45) is 0. The number of hydrogen-bond donors (Lipinski definition) is 2. The molecule has 4 rings (SSSR count). The number of anilines is 2. The minimum atomic E-state index is -0.302. The molecule has 4 aromatic rings. The molecule has 0 saturated carbocycles. The number of hydrogen-bond acceptors (Lipinski definition) is 5. The molecular weight excluding hydrogens is 456 g/mol. The van der Waals surface area contributed by atoms with Crippen LogP contribution >= 0.6 is 0 Å². The van der Waals surface area contributed by atoms with Gasteiger partial charge in [-0.15, -0.1) is 0 Å². The molecule has 7 heteroatoms. The van der Waals surface area contributed by atoms with Gasteiger partial charge in [-0.05, 0) is 60.7 Å². The van der Waals surface area contributed by atoms with Crippen LogP contribution in [0.25, 0.3) is 0 Å². The minimum absolute atomic E-state index is 0.121. The highest BCUT2D eigenvalue weighted by molar-refractivity contribution is 6.05. The lowest BCUT2D eigenvalue weighted by molar-refractivity contribution is -0.118. The van der Waals surface area contributed by atoms with E-state index in [1.54, 1.807) is 60.7 Å². The third-order valence-electron chi connectivity index (χ3n) is 4.98. The van der Waals surface area contributed by atoms with E-state index in [0.29, 0.717) is 41.7 Å². The second-order valence-electron chi connectivity index (χ2n) is 7.72. The van der Waals surface area contributed by atoms with Gasteiger partial charge in [0.15, 0.2) is 6.61 Å². The van der Waals surface area contributed by atoms with Gasteiger partial charge in [0, 0.05) is 16.9 Å². The van der Waals surface area contributed by atoms with Crippen molar-refractivity contribution in [3.05, 3.63) is 115 Å². The number of rotatable bonds is 11. The Labute approximate surface area is 209 Å². The molecule has 7 nitrogen and oxygen atoms in total. The molecule has 0 bridgehead atoms. The second-order valence-corrected chi connectivity index (χ2v) is 7.72. The third-order valence-corrected chi connectivity index (χ3v) is 4.98. The first-order chi connectivity index (χ1) is 17.7. The quantitative estimate of drug-likeness (QED) is 0.279. The van der Waals surface area contributed by atoms with Crippen LogP contribution in [0.3, 0.4) is 0 Å². The van der Waals surface area contributed by atoms with E-state index >= 15 is 0 Å². The number of benzene rings is 4. The van der Waals surface area contributed by atoms with Crippen molar-refractivity contribution in [2.75, 3.05) is 30.5 Å². The van der Waals surface area contributed by atoms with Gasteiger partial charge < -0.3 is 24.8 Å². The maximum atomic E-state index is 12.8. The van der Waals surface area contributed by atoms with Gasteiger partial charge in [0.2, 0.25) is 0 Å². The molecule has 0 fully saturated rings. The van der Waals surface area contributed by atoms with Crippen LogP contribution in [-0.4, -0.2) is 31.6 Å². The van der Waals surface area contributed by atoms with Gasteiger partial charge in [-0.2, -0.15) is 0 Å². The summed E-state index contributed by atoms with van der Waals surface area (Å²) >= 11 is 0. The Morgan fingerprint density at radius 1 is 0.556 bits per heavy atom. The molecule has 0 heterocycles. The molecular formula is C29H26N2O5. The van der Waals surface area contributed by atoms with Crippen molar-refractivity contribution in [1.29, 1.82) is 0 Å². The van der Waals surface area contributed by atoms with E-state index in [4.69, 9.17) is 14.2 Å². The Kier molecular flexibility index (Phi) is 8.53. The van der Waals surface area contributed by atoms with Crippen molar-refractivity contribution in [1.82, 2.24) is 0 Å². The molecule has 0 spiro atoms. The van der Waals surface area contributed by atoms with E-state index in [1.807, 2.05) is 48.5 Å². The van der Waals surface area contributed by atoms with Crippen LogP contribution in [-0.2, 0) is 4.79 Å². The van der Waals surface area contributed by atoms with Gasteiger partial charge in [-0.1, -0.05) is 48.5 Å². The van der Waals surface area contributed by atoms with Crippen molar-refractivity contribution in [2.24, 2.45) is 0 Å². The molecule has 2 N–H and O–H groups in total. The van der Waals surface area contributed by atoms with Gasteiger partial charge in [0.1, 0.15) is 30.5 Å². The summed E-state index contributed by atoms with van der Waals surface area (Å²) in [7, 11) is 0. The summed E-state index contributed by atoms with van der Waals surface area (Å²) in [5.41, 5.74) is 1.54. The smallest absolute Gasteiger partial charge is 0.262 e. The topological polar surface area (TPSA) is 85.9 Å². The van der Waals surface area contributed by atoms with Gasteiger partial charge in [-0.25, -0.2) is 0 Å². The largest absolute Gasteiger partial charge is 0.490 e. The predicted molar refractivity (Wildman–Crippen MR) is 139 cm³/mol. The summed E-state index contributed by atoms with van der Waals surface area (Å²) in [5, 5.41) is 5.61. The Hall–Kier alpha value is -4.78. The fourth-order valence-corrected chi connectivity index (χ4v) is 3.30. The number of carbonyl (C=O) groups is 2. The average Bonchev–Trinajstić information content (AvgIpc) is 2.91. The average molecular weight is 483 g/mol. The SMILES string of the molecule is O=C(COc1ccccc1)Nc1cccc(NC(=O)c2cccc(OCCOc3ccccc3)c2)c1. The number of nitrogens with one attached hydrogen (secondary N) is 2. The van der Waals surface area contributed by atoms with Gasteiger partial charge in [-0.3, -0.25) is 9.59 Å². The third kappa shape index (κ3) is 7.63. The molecule has 0 atom stereocenters. The Balaban J connectivity index is 1.26. The van der Waals surface area contributed by atoms with E-state index in [-0.39, 0.29) is 18.4 Å². The zero-order valence-electron chi connectivity index (χ0n) is 19.6. The normalized spacial score (nSPS) is 10.2. The van der Waals surface area contributed by atoms with E-state index in [9.17, 15) is 9.59 Å². The Morgan fingerprint density at radius 3 is 1.81 bits per heavy atom. The first kappa shape index (κ1) is 24.3. The summed E-state index contributed by atoms with van der Waals surface area (Å²) < 4.78 is 16.8. The molecule has 4 aromatic carbocycles. The number of ether oxygens (including phenoxy) is 3. The first-order valence-corrected chi connectivity index (χ1v) is 11.5. The molecule has 0 unspecified atom stereocenters. The van der Waals surface area contributed by atoms with E-state index in [1.165, 1.54) is 0 Å². The predicted octanol–water partition coefficient (Wildman–Crippen LogP) is 5.41. The summed E-state index contributed by atoms with van der Waals surface area (Å²) in [5.74, 6) is 1.36. The van der Waals surface area contributed by atoms with Gasteiger partial charge in [0.05, 0.1) is 0 Å². The first-order valence-electron chi connectivity index (χ1n) is 11.5. The number of amides is 2. The Morgan fingerprint density at radius 2 is 1.11 bits per heavy atom. The lowest BCUT2D eigenvalue weighted by Crippen LogP contribution is -2.20. The standard InChI is InChI=1S/C29H26N2O5/c32-28(21-36-26-14-5-2-6-15-26)30-23-10-8-11-24(20-23)31-29(33)22-9-7-16-27(19-22)35-18-17-34-25-12-3-1-4-13-25/h1-16,19-20H,17-18,21H2,(H,30,32)(H,31,33).